The summed E-state index contributed by atoms with van der Waals surface area (Å²) in [7, 11) is 0. The van der Waals surface area contributed by atoms with E-state index in [0.29, 0.717) is 23.2 Å². The first-order valence-corrected chi connectivity index (χ1v) is 8.41. The van der Waals surface area contributed by atoms with Crippen molar-refractivity contribution in [1.82, 2.24) is 9.47 Å². The molecule has 122 valence electrons. The standard InChI is InChI=1S/C16H18ClN3O3/c17-12-3-4-13-14(9-12)23-16(22)20(13)10-18-5-7-19(8-6-18)15(21)11-1-2-11/h3-4,9,11H,1-2,5-8,10H2/p+1. The molecule has 7 heteroatoms. The fraction of sp³-hybridized carbons (Fsp3) is 0.500. The van der Waals surface area contributed by atoms with E-state index in [-0.39, 0.29) is 11.7 Å². The average Bonchev–Trinajstić information content (AvgIpc) is 3.34. The van der Waals surface area contributed by atoms with E-state index in [1.807, 2.05) is 11.0 Å². The molecule has 1 aromatic heterocycles. The van der Waals surface area contributed by atoms with Crippen LogP contribution >= 0.6 is 11.6 Å². The lowest BCUT2D eigenvalue weighted by Crippen LogP contribution is -3.14. The fourth-order valence-electron chi connectivity index (χ4n) is 3.20. The van der Waals surface area contributed by atoms with E-state index in [0.717, 1.165) is 44.5 Å². The maximum atomic E-state index is 12.1. The number of fused-ring (bicyclic) bond motifs is 1. The summed E-state index contributed by atoms with van der Waals surface area (Å²) in [6.07, 6.45) is 2.09. The highest BCUT2D eigenvalue weighted by Crippen LogP contribution is 2.30. The van der Waals surface area contributed by atoms with Gasteiger partial charge in [0.15, 0.2) is 12.3 Å². The van der Waals surface area contributed by atoms with E-state index in [9.17, 15) is 9.59 Å². The normalized spacial score (nSPS) is 19.4. The van der Waals surface area contributed by atoms with Crippen LogP contribution in [0.4, 0.5) is 0 Å². The third-order valence-electron chi connectivity index (χ3n) is 4.72. The molecule has 1 amide bonds. The molecule has 2 heterocycles. The summed E-state index contributed by atoms with van der Waals surface area (Å²) in [5.41, 5.74) is 1.29. The lowest BCUT2D eigenvalue weighted by atomic mass is 10.2. The van der Waals surface area contributed by atoms with Gasteiger partial charge in [-0.05, 0) is 25.0 Å². The van der Waals surface area contributed by atoms with Gasteiger partial charge in [0, 0.05) is 17.0 Å². The number of carbonyl (C=O) groups is 1. The van der Waals surface area contributed by atoms with Gasteiger partial charge in [-0.2, -0.15) is 0 Å². The molecule has 0 spiro atoms. The topological polar surface area (TPSA) is 59.9 Å². The van der Waals surface area contributed by atoms with Crippen LogP contribution in [0.25, 0.3) is 11.1 Å². The Morgan fingerprint density at radius 2 is 2.04 bits per heavy atom. The first-order chi connectivity index (χ1) is 11.1. The summed E-state index contributed by atoms with van der Waals surface area (Å²) in [6, 6.07) is 5.24. The van der Waals surface area contributed by atoms with E-state index in [1.165, 1.54) is 4.90 Å². The van der Waals surface area contributed by atoms with Crippen LogP contribution in [0.2, 0.25) is 5.02 Å². The minimum absolute atomic E-state index is 0.279. The van der Waals surface area contributed by atoms with Crippen molar-refractivity contribution in [3.63, 3.8) is 0 Å². The SMILES string of the molecule is O=C(C1CC1)N1CC[NH+](Cn2c(=O)oc3cc(Cl)ccc32)CC1. The lowest BCUT2D eigenvalue weighted by molar-refractivity contribution is -0.926. The quantitative estimate of drug-likeness (QED) is 0.879. The Morgan fingerprint density at radius 3 is 2.74 bits per heavy atom. The Balaban J connectivity index is 1.46. The number of hydrogen-bond acceptors (Lipinski definition) is 3. The van der Waals surface area contributed by atoms with Crippen molar-refractivity contribution in [2.24, 2.45) is 5.92 Å². The van der Waals surface area contributed by atoms with Crippen molar-refractivity contribution >= 4 is 28.6 Å². The Morgan fingerprint density at radius 1 is 1.30 bits per heavy atom. The van der Waals surface area contributed by atoms with Crippen molar-refractivity contribution in [3.05, 3.63) is 33.8 Å². The zero-order chi connectivity index (χ0) is 16.0. The van der Waals surface area contributed by atoms with Gasteiger partial charge >= 0.3 is 5.76 Å². The summed E-state index contributed by atoms with van der Waals surface area (Å²) in [5.74, 6) is 0.234. The molecule has 2 fully saturated rings. The van der Waals surface area contributed by atoms with Crippen LogP contribution in [0.3, 0.4) is 0 Å². The number of quaternary nitrogens is 1. The maximum absolute atomic E-state index is 12.1. The minimum atomic E-state index is -0.355. The summed E-state index contributed by atoms with van der Waals surface area (Å²) in [6.45, 7) is 3.79. The molecule has 1 aliphatic heterocycles. The van der Waals surface area contributed by atoms with Crippen LogP contribution in [0.5, 0.6) is 0 Å². The number of halogens is 1. The summed E-state index contributed by atoms with van der Waals surface area (Å²) >= 11 is 5.93. The van der Waals surface area contributed by atoms with Gasteiger partial charge in [0.25, 0.3) is 0 Å². The van der Waals surface area contributed by atoms with Gasteiger partial charge in [0.1, 0.15) is 0 Å². The van der Waals surface area contributed by atoms with Crippen LogP contribution in [-0.4, -0.2) is 41.6 Å². The van der Waals surface area contributed by atoms with Gasteiger partial charge < -0.3 is 14.2 Å². The van der Waals surface area contributed by atoms with Gasteiger partial charge in [0.2, 0.25) is 5.91 Å². The summed E-state index contributed by atoms with van der Waals surface area (Å²) in [5, 5.41) is 0.554. The smallest absolute Gasteiger partial charge is 0.408 e. The molecule has 0 bridgehead atoms. The molecule has 1 saturated heterocycles. The molecule has 4 rings (SSSR count). The molecule has 1 aromatic carbocycles. The number of piperazine rings is 1. The van der Waals surface area contributed by atoms with Gasteiger partial charge in [-0.1, -0.05) is 11.6 Å². The van der Waals surface area contributed by atoms with Crippen LogP contribution in [0, 0.1) is 5.92 Å². The molecule has 2 aromatic rings. The van der Waals surface area contributed by atoms with Gasteiger partial charge in [-0.3, -0.25) is 4.79 Å². The van der Waals surface area contributed by atoms with Crippen LogP contribution in [-0.2, 0) is 11.5 Å². The number of nitrogens with zero attached hydrogens (tertiary/aromatic N) is 2. The second-order valence-electron chi connectivity index (χ2n) is 6.42. The molecule has 1 N–H and O–H groups in total. The summed E-state index contributed by atoms with van der Waals surface area (Å²) < 4.78 is 6.92. The molecule has 23 heavy (non-hydrogen) atoms. The Bertz CT molecular complexity index is 800. The predicted octanol–water partition coefficient (Wildman–Crippen LogP) is 0.342. The Kier molecular flexibility index (Phi) is 3.66. The highest BCUT2D eigenvalue weighted by Gasteiger charge is 2.35. The van der Waals surface area contributed by atoms with E-state index in [2.05, 4.69) is 0 Å². The van der Waals surface area contributed by atoms with E-state index < -0.39 is 0 Å². The number of oxazole rings is 1. The monoisotopic (exact) mass is 336 g/mol. The predicted molar refractivity (Wildman–Crippen MR) is 85.5 cm³/mol. The zero-order valence-electron chi connectivity index (χ0n) is 12.8. The van der Waals surface area contributed by atoms with Crippen molar-refractivity contribution in [1.29, 1.82) is 0 Å². The third-order valence-corrected chi connectivity index (χ3v) is 4.96. The number of benzene rings is 1. The Labute approximate surface area is 138 Å². The van der Waals surface area contributed by atoms with Gasteiger partial charge in [-0.25, -0.2) is 9.36 Å². The first kappa shape index (κ1) is 14.8. The van der Waals surface area contributed by atoms with E-state index in [1.54, 1.807) is 16.7 Å². The van der Waals surface area contributed by atoms with Crippen molar-refractivity contribution in [2.75, 3.05) is 26.2 Å². The molecule has 0 radical (unpaired) electrons. The van der Waals surface area contributed by atoms with Gasteiger partial charge in [-0.15, -0.1) is 0 Å². The Hall–Kier alpha value is -1.79. The fourth-order valence-corrected chi connectivity index (χ4v) is 3.37. The van der Waals surface area contributed by atoms with Crippen molar-refractivity contribution in [2.45, 2.75) is 19.5 Å². The number of rotatable bonds is 3. The van der Waals surface area contributed by atoms with Gasteiger partial charge in [0.05, 0.1) is 31.7 Å². The molecule has 1 saturated carbocycles. The van der Waals surface area contributed by atoms with Crippen LogP contribution < -0.4 is 10.7 Å². The number of aromatic nitrogens is 1. The number of carbonyl (C=O) groups excluding carboxylic acids is 1. The first-order valence-electron chi connectivity index (χ1n) is 8.03. The highest BCUT2D eigenvalue weighted by molar-refractivity contribution is 6.31. The molecule has 0 atom stereocenters. The van der Waals surface area contributed by atoms with Crippen molar-refractivity contribution in [3.8, 4) is 0 Å². The van der Waals surface area contributed by atoms with Crippen LogP contribution in [0.1, 0.15) is 12.8 Å². The molecule has 1 aliphatic carbocycles. The number of hydrogen-bond donors (Lipinski definition) is 1. The minimum Gasteiger partial charge on any atom is -0.408 e. The highest BCUT2D eigenvalue weighted by atomic mass is 35.5. The molecular formula is C16H19ClN3O3+. The lowest BCUT2D eigenvalue weighted by Gasteiger charge is -2.32. The number of nitrogens with one attached hydrogen (secondary N) is 1. The largest absolute Gasteiger partial charge is 0.424 e. The summed E-state index contributed by atoms with van der Waals surface area (Å²) in [4.78, 5) is 27.4. The third kappa shape index (κ3) is 2.88. The maximum Gasteiger partial charge on any atom is 0.424 e. The second-order valence-corrected chi connectivity index (χ2v) is 6.85. The molecule has 6 nitrogen and oxygen atoms in total. The molecule has 0 unspecified atom stereocenters. The van der Waals surface area contributed by atoms with Crippen LogP contribution in [0.15, 0.2) is 27.4 Å². The molecular weight excluding hydrogens is 318 g/mol. The molecule has 2 aliphatic rings. The van der Waals surface area contributed by atoms with E-state index in [4.69, 9.17) is 16.0 Å². The van der Waals surface area contributed by atoms with E-state index >= 15 is 0 Å². The average molecular weight is 337 g/mol. The number of amides is 1. The second kappa shape index (κ2) is 5.69. The zero-order valence-corrected chi connectivity index (χ0v) is 13.5. The van der Waals surface area contributed by atoms with Crippen molar-refractivity contribution < 1.29 is 14.1 Å².